The molecule has 0 fully saturated rings. The third-order valence-electron chi connectivity index (χ3n) is 14.2. The summed E-state index contributed by atoms with van der Waals surface area (Å²) in [6.45, 7) is 0.674. The minimum absolute atomic E-state index is 0.674. The van der Waals surface area contributed by atoms with E-state index in [1.165, 1.54) is 54.8 Å². The SMILES string of the molecule is c1ccc(N2CN(c3ccccc3)c3c(-c4cc(N(c5ccc6ccccc6c5)c5ccc6c7ccccc7n(-c7ccccc7)c6c5)cc5c4c4ccccc4n5-c4ccccc4)cccc32)cc1. The van der Waals surface area contributed by atoms with Crippen molar-refractivity contribution in [2.45, 2.75) is 0 Å². The molecule has 70 heavy (non-hydrogen) atoms. The van der Waals surface area contributed by atoms with Crippen LogP contribution in [0.1, 0.15) is 0 Å². The Hall–Kier alpha value is -9.32. The molecule has 0 spiro atoms. The second-order valence-corrected chi connectivity index (χ2v) is 18.2. The van der Waals surface area contributed by atoms with Crippen molar-refractivity contribution in [3.63, 3.8) is 0 Å². The van der Waals surface area contributed by atoms with Crippen molar-refractivity contribution in [2.24, 2.45) is 0 Å². The summed E-state index contributed by atoms with van der Waals surface area (Å²) in [6, 6.07) is 95.3. The van der Waals surface area contributed by atoms with Crippen molar-refractivity contribution >= 4 is 94.2 Å². The van der Waals surface area contributed by atoms with Crippen LogP contribution in [0.25, 0.3) is 76.9 Å². The number of hydrogen-bond donors (Lipinski definition) is 0. The van der Waals surface area contributed by atoms with Crippen LogP contribution in [0.5, 0.6) is 0 Å². The van der Waals surface area contributed by atoms with E-state index in [1.54, 1.807) is 0 Å². The molecule has 3 heterocycles. The van der Waals surface area contributed by atoms with E-state index in [4.69, 9.17) is 0 Å². The number of aromatic nitrogens is 2. The van der Waals surface area contributed by atoms with Gasteiger partial charge in [0.1, 0.15) is 6.67 Å². The van der Waals surface area contributed by atoms with Gasteiger partial charge in [0.15, 0.2) is 0 Å². The zero-order valence-corrected chi connectivity index (χ0v) is 38.3. The van der Waals surface area contributed by atoms with E-state index in [1.807, 2.05) is 0 Å². The average Bonchev–Trinajstić information content (AvgIpc) is 4.10. The van der Waals surface area contributed by atoms with Crippen LogP contribution in [-0.4, -0.2) is 15.8 Å². The van der Waals surface area contributed by atoms with E-state index < -0.39 is 0 Å². The molecular formula is C65H45N5. The highest BCUT2D eigenvalue weighted by atomic mass is 15.4. The molecule has 1 aliphatic rings. The summed E-state index contributed by atoms with van der Waals surface area (Å²) < 4.78 is 4.87. The molecule has 0 saturated heterocycles. The quantitative estimate of drug-likeness (QED) is 0.152. The van der Waals surface area contributed by atoms with E-state index in [0.717, 1.165) is 61.9 Å². The van der Waals surface area contributed by atoms with Crippen LogP contribution in [0.15, 0.2) is 261 Å². The Balaban J connectivity index is 1.10. The highest BCUT2D eigenvalue weighted by molar-refractivity contribution is 6.19. The van der Waals surface area contributed by atoms with E-state index in [2.05, 4.69) is 285 Å². The fourth-order valence-corrected chi connectivity index (χ4v) is 11.2. The lowest BCUT2D eigenvalue weighted by atomic mass is 9.95. The summed E-state index contributed by atoms with van der Waals surface area (Å²) in [4.78, 5) is 7.41. The van der Waals surface area contributed by atoms with Crippen LogP contribution in [0.3, 0.4) is 0 Å². The summed E-state index contributed by atoms with van der Waals surface area (Å²) >= 11 is 0. The average molecular weight is 896 g/mol. The van der Waals surface area contributed by atoms with E-state index >= 15 is 0 Å². The second kappa shape index (κ2) is 16.2. The number of hydrogen-bond acceptors (Lipinski definition) is 3. The molecule has 0 atom stereocenters. The zero-order valence-electron chi connectivity index (χ0n) is 38.3. The molecule has 13 aromatic rings. The molecule has 2 aromatic heterocycles. The lowest BCUT2D eigenvalue weighted by Gasteiger charge is -2.28. The Morgan fingerprint density at radius 1 is 0.300 bits per heavy atom. The Morgan fingerprint density at radius 2 is 0.814 bits per heavy atom. The maximum Gasteiger partial charge on any atom is 0.100 e. The van der Waals surface area contributed by atoms with E-state index in [0.29, 0.717) is 6.67 Å². The van der Waals surface area contributed by atoms with Crippen LogP contribution in [0.2, 0.25) is 0 Å². The molecule has 0 amide bonds. The first-order chi connectivity index (χ1) is 34.7. The molecule has 0 saturated carbocycles. The molecule has 5 heteroatoms. The van der Waals surface area contributed by atoms with Gasteiger partial charge >= 0.3 is 0 Å². The largest absolute Gasteiger partial charge is 0.321 e. The first-order valence-corrected chi connectivity index (χ1v) is 24.0. The number of anilines is 7. The van der Waals surface area contributed by atoms with E-state index in [9.17, 15) is 0 Å². The molecule has 0 N–H and O–H groups in total. The van der Waals surface area contributed by atoms with Crippen molar-refractivity contribution in [1.29, 1.82) is 0 Å². The molecule has 0 bridgehead atoms. The first-order valence-electron chi connectivity index (χ1n) is 24.0. The van der Waals surface area contributed by atoms with Gasteiger partial charge in [-0.25, -0.2) is 0 Å². The molecule has 0 aliphatic carbocycles. The van der Waals surface area contributed by atoms with Crippen LogP contribution >= 0.6 is 0 Å². The normalized spacial score (nSPS) is 12.5. The van der Waals surface area contributed by atoms with Gasteiger partial charge in [0.25, 0.3) is 0 Å². The van der Waals surface area contributed by atoms with Gasteiger partial charge in [-0.15, -0.1) is 0 Å². The molecule has 14 rings (SSSR count). The highest BCUT2D eigenvalue weighted by Gasteiger charge is 2.32. The van der Waals surface area contributed by atoms with Crippen LogP contribution in [0.4, 0.5) is 39.8 Å². The Kier molecular flexibility index (Phi) is 9.20. The number of para-hydroxylation sites is 7. The highest BCUT2D eigenvalue weighted by Crippen LogP contribution is 2.53. The fourth-order valence-electron chi connectivity index (χ4n) is 11.2. The Morgan fingerprint density at radius 3 is 1.51 bits per heavy atom. The number of rotatable bonds is 8. The minimum atomic E-state index is 0.674. The summed E-state index contributed by atoms with van der Waals surface area (Å²) in [6.07, 6.45) is 0. The van der Waals surface area contributed by atoms with Crippen molar-refractivity contribution < 1.29 is 0 Å². The zero-order chi connectivity index (χ0) is 46.1. The Labute approximate surface area is 406 Å². The molecule has 5 nitrogen and oxygen atoms in total. The third-order valence-corrected chi connectivity index (χ3v) is 14.2. The lowest BCUT2D eigenvalue weighted by Crippen LogP contribution is -2.23. The minimum Gasteiger partial charge on any atom is -0.321 e. The summed E-state index contributed by atoms with van der Waals surface area (Å²) in [7, 11) is 0. The van der Waals surface area contributed by atoms with Gasteiger partial charge < -0.3 is 23.8 Å². The third kappa shape index (κ3) is 6.33. The van der Waals surface area contributed by atoms with Crippen molar-refractivity contribution in [2.75, 3.05) is 21.4 Å². The summed E-state index contributed by atoms with van der Waals surface area (Å²) in [5.74, 6) is 0. The molecule has 0 unspecified atom stereocenters. The predicted molar refractivity (Wildman–Crippen MR) is 295 cm³/mol. The molecule has 11 aromatic carbocycles. The maximum absolute atomic E-state index is 2.49. The molecular weight excluding hydrogens is 851 g/mol. The second-order valence-electron chi connectivity index (χ2n) is 18.2. The van der Waals surface area contributed by atoms with Crippen molar-refractivity contribution in [3.8, 4) is 22.5 Å². The van der Waals surface area contributed by atoms with E-state index in [-0.39, 0.29) is 0 Å². The van der Waals surface area contributed by atoms with Gasteiger partial charge in [0.05, 0.1) is 33.4 Å². The van der Waals surface area contributed by atoms with Gasteiger partial charge in [-0.2, -0.15) is 0 Å². The lowest BCUT2D eigenvalue weighted by molar-refractivity contribution is 0.991. The monoisotopic (exact) mass is 895 g/mol. The standard InChI is InChI=1S/C65H45N5/c1-5-22-47(23-6-1)66-44-67(48-24-7-2-8-25-48)65-56(32-19-35-61(65)66)58-41-53(43-63-64(58)57-31-16-18-34-60(57)70(63)50-28-11-4-12-29-50)68(51-37-36-45-20-13-14-21-46(45)40-51)52-38-39-55-54-30-15-17-33-59(54)69(62(55)42-52)49-26-9-3-10-27-49/h1-43H,44H2. The topological polar surface area (TPSA) is 19.6 Å². The molecule has 1 aliphatic heterocycles. The smallest absolute Gasteiger partial charge is 0.100 e. The van der Waals surface area contributed by atoms with Gasteiger partial charge in [-0.05, 0) is 119 Å². The van der Waals surface area contributed by atoms with Crippen molar-refractivity contribution in [1.82, 2.24) is 9.13 Å². The number of fused-ring (bicyclic) bond motifs is 8. The maximum atomic E-state index is 2.49. The summed E-state index contributed by atoms with van der Waals surface area (Å²) in [5.41, 5.74) is 17.0. The first kappa shape index (κ1) is 39.8. The number of nitrogens with zero attached hydrogens (tertiary/aromatic N) is 5. The Bertz CT molecular complexity index is 4100. The van der Waals surface area contributed by atoms with Gasteiger partial charge in [-0.3, -0.25) is 0 Å². The molecule has 0 radical (unpaired) electrons. The number of benzene rings is 11. The van der Waals surface area contributed by atoms with Crippen LogP contribution in [-0.2, 0) is 0 Å². The van der Waals surface area contributed by atoms with Gasteiger partial charge in [0.2, 0.25) is 0 Å². The molecule has 330 valence electrons. The fraction of sp³-hybridized carbons (Fsp3) is 0.0154. The predicted octanol–water partition coefficient (Wildman–Crippen LogP) is 17.4. The van der Waals surface area contributed by atoms with Gasteiger partial charge in [-0.1, -0.05) is 158 Å². The van der Waals surface area contributed by atoms with Gasteiger partial charge in [0, 0.05) is 66.9 Å². The summed E-state index contributed by atoms with van der Waals surface area (Å²) in [5, 5.41) is 7.24. The van der Waals surface area contributed by atoms with Crippen LogP contribution in [0, 0.1) is 0 Å². The van der Waals surface area contributed by atoms with Crippen LogP contribution < -0.4 is 14.7 Å². The van der Waals surface area contributed by atoms with Crippen molar-refractivity contribution in [3.05, 3.63) is 261 Å².